The van der Waals surface area contributed by atoms with Crippen LogP contribution in [0.4, 0.5) is 0 Å². The van der Waals surface area contributed by atoms with Crippen LogP contribution < -0.4 is 0 Å². The summed E-state index contributed by atoms with van der Waals surface area (Å²) < 4.78 is 0. The number of rotatable bonds is 2. The molecule has 3 fully saturated rings. The van der Waals surface area contributed by atoms with E-state index >= 15 is 0 Å². The number of hydrogen-bond acceptors (Lipinski definition) is 1. The van der Waals surface area contributed by atoms with E-state index in [1.54, 1.807) is 0 Å². The highest BCUT2D eigenvalue weighted by molar-refractivity contribution is 5.29. The highest BCUT2D eigenvalue weighted by Crippen LogP contribution is 2.71. The second kappa shape index (κ2) is 2.88. The molecule has 0 N–H and O–H groups in total. The van der Waals surface area contributed by atoms with Crippen LogP contribution in [0.2, 0.25) is 0 Å². The molecule has 1 aliphatic heterocycles. The zero-order chi connectivity index (χ0) is 10.7. The van der Waals surface area contributed by atoms with Gasteiger partial charge in [-0.1, -0.05) is 32.9 Å². The standard InChI is InChI=1S/C14H23N/c1-13(2,3)7-6-12-5-4-8-15(12)14-9-11(14)10-14/h6-7,11-12H,4-5,8-10H2,1-3H3/b7-6+. The van der Waals surface area contributed by atoms with Gasteiger partial charge in [0.25, 0.3) is 0 Å². The minimum Gasteiger partial charge on any atom is -0.291 e. The quantitative estimate of drug-likeness (QED) is 0.626. The van der Waals surface area contributed by atoms with Crippen LogP contribution in [0.15, 0.2) is 12.2 Å². The number of nitrogens with zero attached hydrogens (tertiary/aromatic N) is 1. The molecule has 0 bridgehead atoms. The van der Waals surface area contributed by atoms with Gasteiger partial charge in [0.2, 0.25) is 0 Å². The molecule has 1 heterocycles. The fourth-order valence-electron chi connectivity index (χ4n) is 3.09. The Morgan fingerprint density at radius 3 is 2.47 bits per heavy atom. The maximum absolute atomic E-state index is 2.81. The van der Waals surface area contributed by atoms with E-state index < -0.39 is 0 Å². The smallest absolute Gasteiger partial charge is 0.0284 e. The zero-order valence-corrected chi connectivity index (χ0v) is 10.3. The summed E-state index contributed by atoms with van der Waals surface area (Å²) in [5.41, 5.74) is 1.07. The average Bonchev–Trinajstić information content (AvgIpc) is 2.89. The second-order valence-electron chi connectivity index (χ2n) is 6.84. The van der Waals surface area contributed by atoms with Gasteiger partial charge in [0.15, 0.2) is 0 Å². The fraction of sp³-hybridized carbons (Fsp3) is 0.857. The van der Waals surface area contributed by atoms with Crippen molar-refractivity contribution >= 4 is 0 Å². The van der Waals surface area contributed by atoms with E-state index in [1.807, 2.05) is 0 Å². The molecular formula is C14H23N. The van der Waals surface area contributed by atoms with Crippen LogP contribution in [0.5, 0.6) is 0 Å². The molecule has 84 valence electrons. The van der Waals surface area contributed by atoms with Crippen molar-refractivity contribution in [1.82, 2.24) is 4.90 Å². The Hall–Kier alpha value is -0.300. The lowest BCUT2D eigenvalue weighted by molar-refractivity contribution is 0.231. The Morgan fingerprint density at radius 2 is 1.93 bits per heavy atom. The van der Waals surface area contributed by atoms with Gasteiger partial charge in [0.1, 0.15) is 0 Å². The van der Waals surface area contributed by atoms with Crippen LogP contribution >= 0.6 is 0 Å². The predicted molar refractivity (Wildman–Crippen MR) is 63.8 cm³/mol. The predicted octanol–water partition coefficient (Wildman–Crippen LogP) is 3.22. The van der Waals surface area contributed by atoms with Gasteiger partial charge in [-0.15, -0.1) is 0 Å². The summed E-state index contributed by atoms with van der Waals surface area (Å²) in [5, 5.41) is 0. The highest BCUT2D eigenvalue weighted by atomic mass is 15.3. The van der Waals surface area contributed by atoms with Gasteiger partial charge >= 0.3 is 0 Å². The summed E-state index contributed by atoms with van der Waals surface area (Å²) in [5.74, 6) is 1.10. The van der Waals surface area contributed by atoms with E-state index in [1.165, 1.54) is 32.2 Å². The summed E-state index contributed by atoms with van der Waals surface area (Å²) in [4.78, 5) is 2.81. The molecule has 1 atom stereocenters. The van der Waals surface area contributed by atoms with Crippen LogP contribution in [-0.2, 0) is 0 Å². The summed E-state index contributed by atoms with van der Waals surface area (Å²) >= 11 is 0. The average molecular weight is 205 g/mol. The molecule has 3 aliphatic rings. The third-order valence-electron chi connectivity index (χ3n) is 4.33. The summed E-state index contributed by atoms with van der Waals surface area (Å²) in [6.07, 6.45) is 10.7. The number of fused-ring (bicyclic) bond motifs is 1. The highest BCUT2D eigenvalue weighted by Gasteiger charge is 2.73. The van der Waals surface area contributed by atoms with Gasteiger partial charge in [0, 0.05) is 11.6 Å². The third kappa shape index (κ3) is 1.65. The normalized spacial score (nSPS) is 44.7. The van der Waals surface area contributed by atoms with E-state index in [-0.39, 0.29) is 0 Å². The number of likely N-dealkylation sites (tertiary alicyclic amines) is 1. The van der Waals surface area contributed by atoms with E-state index in [0.29, 0.717) is 5.41 Å². The van der Waals surface area contributed by atoms with Gasteiger partial charge < -0.3 is 0 Å². The largest absolute Gasteiger partial charge is 0.291 e. The molecular weight excluding hydrogens is 182 g/mol. The SMILES string of the molecule is CC(C)(C)/C=C/C1CCCN1C12CC1C2. The first-order valence-corrected chi connectivity index (χ1v) is 6.47. The van der Waals surface area contributed by atoms with Gasteiger partial charge in [-0.25, -0.2) is 0 Å². The molecule has 0 aromatic rings. The fourth-order valence-corrected chi connectivity index (χ4v) is 3.09. The van der Waals surface area contributed by atoms with Gasteiger partial charge in [0.05, 0.1) is 0 Å². The Morgan fingerprint density at radius 1 is 1.27 bits per heavy atom. The van der Waals surface area contributed by atoms with E-state index in [9.17, 15) is 0 Å². The van der Waals surface area contributed by atoms with Crippen molar-refractivity contribution in [2.45, 2.75) is 58.0 Å². The van der Waals surface area contributed by atoms with E-state index in [4.69, 9.17) is 0 Å². The van der Waals surface area contributed by atoms with Crippen molar-refractivity contribution in [2.75, 3.05) is 6.54 Å². The van der Waals surface area contributed by atoms with Crippen molar-refractivity contribution in [3.05, 3.63) is 12.2 Å². The Bertz CT molecular complexity index is 291. The lowest BCUT2D eigenvalue weighted by Gasteiger charge is -2.26. The molecule has 3 rings (SSSR count). The molecule has 1 saturated heterocycles. The van der Waals surface area contributed by atoms with Crippen LogP contribution in [0.25, 0.3) is 0 Å². The first-order chi connectivity index (χ1) is 7.01. The summed E-state index contributed by atoms with van der Waals surface area (Å²) in [7, 11) is 0. The lowest BCUT2D eigenvalue weighted by atomic mass is 9.95. The van der Waals surface area contributed by atoms with E-state index in [2.05, 4.69) is 37.8 Å². The maximum Gasteiger partial charge on any atom is 0.0284 e. The molecule has 1 unspecified atom stereocenters. The third-order valence-corrected chi connectivity index (χ3v) is 4.33. The van der Waals surface area contributed by atoms with Crippen molar-refractivity contribution in [1.29, 1.82) is 0 Å². The topological polar surface area (TPSA) is 3.24 Å². The first-order valence-electron chi connectivity index (χ1n) is 6.47. The molecule has 0 aromatic carbocycles. The Balaban J connectivity index is 1.67. The molecule has 0 spiro atoms. The number of hydrogen-bond donors (Lipinski definition) is 0. The minimum absolute atomic E-state index is 0.346. The van der Waals surface area contributed by atoms with Crippen LogP contribution in [-0.4, -0.2) is 23.0 Å². The van der Waals surface area contributed by atoms with Crippen LogP contribution in [0, 0.1) is 11.3 Å². The van der Waals surface area contributed by atoms with Crippen LogP contribution in [0.3, 0.4) is 0 Å². The Kier molecular flexibility index (Phi) is 1.90. The molecule has 15 heavy (non-hydrogen) atoms. The molecule has 1 heteroatoms. The second-order valence-corrected chi connectivity index (χ2v) is 6.84. The van der Waals surface area contributed by atoms with Crippen molar-refractivity contribution in [3.8, 4) is 0 Å². The molecule has 2 saturated carbocycles. The van der Waals surface area contributed by atoms with Crippen LogP contribution in [0.1, 0.15) is 46.5 Å². The van der Waals surface area contributed by atoms with Gasteiger partial charge in [-0.3, -0.25) is 4.90 Å². The summed E-state index contributed by atoms with van der Waals surface area (Å²) in [6.45, 7) is 8.23. The monoisotopic (exact) mass is 205 g/mol. The molecule has 2 aliphatic carbocycles. The minimum atomic E-state index is 0.346. The van der Waals surface area contributed by atoms with Gasteiger partial charge in [-0.2, -0.15) is 0 Å². The van der Waals surface area contributed by atoms with Crippen molar-refractivity contribution in [3.63, 3.8) is 0 Å². The first kappa shape index (κ1) is 9.89. The molecule has 0 aromatic heterocycles. The van der Waals surface area contributed by atoms with Crippen molar-refractivity contribution in [2.24, 2.45) is 11.3 Å². The van der Waals surface area contributed by atoms with E-state index in [0.717, 1.165) is 17.5 Å². The number of allylic oxidation sites excluding steroid dienone is 1. The Labute approximate surface area is 93.5 Å². The zero-order valence-electron chi connectivity index (χ0n) is 10.3. The lowest BCUT2D eigenvalue weighted by Crippen LogP contribution is -2.34. The maximum atomic E-state index is 2.81. The molecule has 0 amide bonds. The molecule has 0 radical (unpaired) electrons. The summed E-state index contributed by atoms with van der Waals surface area (Å²) in [6, 6.07) is 0.761. The van der Waals surface area contributed by atoms with Gasteiger partial charge in [-0.05, 0) is 43.6 Å². The van der Waals surface area contributed by atoms with Crippen molar-refractivity contribution < 1.29 is 0 Å². The molecule has 1 nitrogen and oxygen atoms in total.